The Hall–Kier alpha value is -3.31. The number of Topliss-reactive ketones (excluding diaryl/α,β-unsaturated/α-hetero) is 1. The molecule has 0 bridgehead atoms. The SMILES string of the molecule is CCCOCCOc1ccc(-c2nc(-c3cc(CCC(=O)C4(C(F)(F)F)CCCCC4)ccc3Cl)[nH]c(=O)n2)cn1. The fraction of sp³-hybridized carbons (Fsp3) is 0.483. The first-order chi connectivity index (χ1) is 19.6. The number of aromatic nitrogens is 4. The van der Waals surface area contributed by atoms with Crippen LogP contribution in [0.25, 0.3) is 22.8 Å². The molecule has 1 fully saturated rings. The van der Waals surface area contributed by atoms with E-state index in [1.54, 1.807) is 30.3 Å². The summed E-state index contributed by atoms with van der Waals surface area (Å²) in [5.74, 6) is -0.169. The van der Waals surface area contributed by atoms with Gasteiger partial charge in [0.2, 0.25) is 5.88 Å². The predicted molar refractivity (Wildman–Crippen MR) is 148 cm³/mol. The molecule has 4 rings (SSSR count). The molecule has 0 spiro atoms. The first-order valence-corrected chi connectivity index (χ1v) is 14.0. The molecule has 1 aliphatic carbocycles. The Labute approximate surface area is 240 Å². The molecule has 2 heterocycles. The molecular weight excluding hydrogens is 561 g/mol. The summed E-state index contributed by atoms with van der Waals surface area (Å²) in [7, 11) is 0. The minimum Gasteiger partial charge on any atom is -0.475 e. The standard InChI is InChI=1S/C29H32ClF3N4O4/c1-2-14-40-15-16-41-24-11-8-20(18-34-24)25-35-26(37-27(39)36-25)21-17-19(6-9-22(21)30)7-10-23(38)28(29(31,32)33)12-4-3-5-13-28/h6,8-9,11,17-18H,2-5,7,10,12-16H2,1H3,(H,35,36,37,39). The van der Waals surface area contributed by atoms with Gasteiger partial charge in [0.05, 0.1) is 11.6 Å². The second kappa shape index (κ2) is 13.6. The van der Waals surface area contributed by atoms with E-state index >= 15 is 0 Å². The highest BCUT2D eigenvalue weighted by molar-refractivity contribution is 6.33. The van der Waals surface area contributed by atoms with Crippen molar-refractivity contribution in [2.24, 2.45) is 5.41 Å². The summed E-state index contributed by atoms with van der Waals surface area (Å²) in [6.45, 7) is 3.46. The second-order valence-corrected chi connectivity index (χ2v) is 10.5. The number of aromatic amines is 1. The molecule has 1 N–H and O–H groups in total. The van der Waals surface area contributed by atoms with Gasteiger partial charge in [0, 0.05) is 36.4 Å². The molecule has 0 radical (unpaired) electrons. The zero-order valence-corrected chi connectivity index (χ0v) is 23.5. The van der Waals surface area contributed by atoms with E-state index in [4.69, 9.17) is 21.1 Å². The second-order valence-electron chi connectivity index (χ2n) is 10.0. The van der Waals surface area contributed by atoms with Gasteiger partial charge in [-0.1, -0.05) is 43.9 Å². The Morgan fingerprint density at radius 2 is 1.85 bits per heavy atom. The fourth-order valence-electron chi connectivity index (χ4n) is 4.97. The molecule has 1 aliphatic rings. The largest absolute Gasteiger partial charge is 0.475 e. The van der Waals surface area contributed by atoms with Crippen molar-refractivity contribution in [3.8, 4) is 28.7 Å². The van der Waals surface area contributed by atoms with Crippen molar-refractivity contribution in [2.75, 3.05) is 19.8 Å². The molecular formula is C29H32ClF3N4O4. The number of benzene rings is 1. The molecule has 1 aromatic carbocycles. The average molecular weight is 593 g/mol. The van der Waals surface area contributed by atoms with Gasteiger partial charge in [-0.2, -0.15) is 18.2 Å². The number of H-pyrrole nitrogens is 1. The van der Waals surface area contributed by atoms with Crippen LogP contribution in [0.1, 0.15) is 57.4 Å². The third-order valence-corrected chi connectivity index (χ3v) is 7.51. The van der Waals surface area contributed by atoms with Crippen molar-refractivity contribution >= 4 is 17.4 Å². The van der Waals surface area contributed by atoms with Gasteiger partial charge in [0.25, 0.3) is 0 Å². The van der Waals surface area contributed by atoms with Gasteiger partial charge in [-0.05, 0) is 49.4 Å². The molecule has 0 aliphatic heterocycles. The van der Waals surface area contributed by atoms with Crippen LogP contribution in [0, 0.1) is 5.41 Å². The molecule has 0 unspecified atom stereocenters. The fourth-order valence-corrected chi connectivity index (χ4v) is 5.18. The van der Waals surface area contributed by atoms with E-state index in [1.165, 1.54) is 6.20 Å². The van der Waals surface area contributed by atoms with E-state index in [-0.39, 0.29) is 42.4 Å². The first-order valence-electron chi connectivity index (χ1n) is 13.7. The van der Waals surface area contributed by atoms with Crippen molar-refractivity contribution < 1.29 is 27.4 Å². The van der Waals surface area contributed by atoms with Crippen LogP contribution in [-0.2, 0) is 16.0 Å². The minimum absolute atomic E-state index is 0.0951. The van der Waals surface area contributed by atoms with E-state index < -0.39 is 23.1 Å². The number of ether oxygens (including phenoxy) is 2. The Kier molecular flexibility index (Phi) is 10.1. The summed E-state index contributed by atoms with van der Waals surface area (Å²) in [4.78, 5) is 40.5. The molecule has 0 amide bonds. The topological polar surface area (TPSA) is 107 Å². The highest BCUT2D eigenvalue weighted by atomic mass is 35.5. The van der Waals surface area contributed by atoms with Crippen LogP contribution < -0.4 is 10.4 Å². The molecule has 220 valence electrons. The third-order valence-electron chi connectivity index (χ3n) is 7.18. The number of alkyl halides is 3. The highest BCUT2D eigenvalue weighted by Crippen LogP contribution is 2.50. The molecule has 8 nitrogen and oxygen atoms in total. The monoisotopic (exact) mass is 592 g/mol. The number of pyridine rings is 1. The zero-order valence-electron chi connectivity index (χ0n) is 22.7. The number of halogens is 4. The maximum atomic E-state index is 13.9. The molecule has 0 saturated heterocycles. The Balaban J connectivity index is 1.50. The lowest BCUT2D eigenvalue weighted by molar-refractivity contribution is -0.228. The van der Waals surface area contributed by atoms with Gasteiger partial charge in [-0.25, -0.2) is 14.8 Å². The van der Waals surface area contributed by atoms with Crippen LogP contribution in [0.15, 0.2) is 41.3 Å². The summed E-state index contributed by atoms with van der Waals surface area (Å²) < 4.78 is 52.7. The van der Waals surface area contributed by atoms with Gasteiger partial charge < -0.3 is 9.47 Å². The van der Waals surface area contributed by atoms with Crippen molar-refractivity contribution in [3.63, 3.8) is 0 Å². The number of hydrogen-bond acceptors (Lipinski definition) is 7. The van der Waals surface area contributed by atoms with Gasteiger partial charge in [0.15, 0.2) is 5.82 Å². The number of carbonyl (C=O) groups excluding carboxylic acids is 1. The van der Waals surface area contributed by atoms with Crippen molar-refractivity contribution in [2.45, 2.75) is 64.5 Å². The Bertz CT molecular complexity index is 1390. The van der Waals surface area contributed by atoms with E-state index in [1.807, 2.05) is 6.92 Å². The average Bonchev–Trinajstić information content (AvgIpc) is 2.96. The normalized spacial score (nSPS) is 15.0. The zero-order chi connectivity index (χ0) is 29.5. The van der Waals surface area contributed by atoms with Crippen LogP contribution in [0.2, 0.25) is 5.02 Å². The van der Waals surface area contributed by atoms with Crippen molar-refractivity contribution in [3.05, 3.63) is 57.6 Å². The van der Waals surface area contributed by atoms with E-state index in [0.717, 1.165) is 6.42 Å². The Morgan fingerprint density at radius 1 is 1.07 bits per heavy atom. The van der Waals surface area contributed by atoms with Crippen molar-refractivity contribution in [1.29, 1.82) is 0 Å². The number of nitrogens with one attached hydrogen (secondary N) is 1. The molecule has 1 saturated carbocycles. The van der Waals surface area contributed by atoms with Gasteiger partial charge in [0.1, 0.15) is 23.6 Å². The van der Waals surface area contributed by atoms with Crippen LogP contribution >= 0.6 is 11.6 Å². The van der Waals surface area contributed by atoms with E-state index in [0.29, 0.717) is 61.7 Å². The number of aryl methyl sites for hydroxylation is 1. The minimum atomic E-state index is -4.57. The summed E-state index contributed by atoms with van der Waals surface area (Å²) in [6, 6.07) is 8.13. The van der Waals surface area contributed by atoms with E-state index in [9.17, 15) is 22.8 Å². The van der Waals surface area contributed by atoms with Crippen LogP contribution in [-0.4, -0.2) is 51.7 Å². The number of carbonyl (C=O) groups is 1. The summed E-state index contributed by atoms with van der Waals surface area (Å²) in [6.07, 6.45) is -1.19. The maximum Gasteiger partial charge on any atom is 0.401 e. The number of hydrogen-bond donors (Lipinski definition) is 1. The predicted octanol–water partition coefficient (Wildman–Crippen LogP) is 6.37. The van der Waals surface area contributed by atoms with Crippen LogP contribution in [0.4, 0.5) is 13.2 Å². The van der Waals surface area contributed by atoms with Crippen LogP contribution in [0.5, 0.6) is 5.88 Å². The molecule has 3 aromatic rings. The highest BCUT2D eigenvalue weighted by Gasteiger charge is 2.58. The summed E-state index contributed by atoms with van der Waals surface area (Å²) >= 11 is 6.41. The molecule has 12 heteroatoms. The Morgan fingerprint density at radius 3 is 2.54 bits per heavy atom. The van der Waals surface area contributed by atoms with Gasteiger partial charge in [-0.15, -0.1) is 0 Å². The molecule has 41 heavy (non-hydrogen) atoms. The third kappa shape index (κ3) is 7.51. The maximum absolute atomic E-state index is 13.9. The summed E-state index contributed by atoms with van der Waals surface area (Å²) in [5, 5.41) is 0.270. The van der Waals surface area contributed by atoms with Crippen molar-refractivity contribution in [1.82, 2.24) is 19.9 Å². The number of rotatable bonds is 12. The smallest absolute Gasteiger partial charge is 0.401 e. The number of nitrogens with zero attached hydrogens (tertiary/aromatic N) is 3. The lowest BCUT2D eigenvalue weighted by atomic mass is 9.69. The van der Waals surface area contributed by atoms with Crippen LogP contribution in [0.3, 0.4) is 0 Å². The van der Waals surface area contributed by atoms with Gasteiger partial charge >= 0.3 is 11.9 Å². The lowest BCUT2D eigenvalue weighted by Crippen LogP contribution is -2.46. The summed E-state index contributed by atoms with van der Waals surface area (Å²) in [5.41, 5.74) is -1.52. The quantitative estimate of drug-likeness (QED) is 0.244. The lowest BCUT2D eigenvalue weighted by Gasteiger charge is -2.37. The number of ketones is 1. The van der Waals surface area contributed by atoms with E-state index in [2.05, 4.69) is 19.9 Å². The molecule has 2 aromatic heterocycles. The first kappa shape index (κ1) is 30.6. The van der Waals surface area contributed by atoms with Gasteiger partial charge in [-0.3, -0.25) is 9.78 Å². The molecule has 0 atom stereocenters.